The van der Waals surface area contributed by atoms with E-state index in [9.17, 15) is 4.39 Å². The Morgan fingerprint density at radius 1 is 1.27 bits per heavy atom. The molecule has 2 heterocycles. The minimum atomic E-state index is -0.451. The Balaban J connectivity index is 2.49. The second kappa shape index (κ2) is 3.90. The Hall–Kier alpha value is -1.55. The van der Waals surface area contributed by atoms with Crippen LogP contribution in [-0.2, 0) is 0 Å². The van der Waals surface area contributed by atoms with Gasteiger partial charge in [0.2, 0.25) is 0 Å². The van der Waals surface area contributed by atoms with Gasteiger partial charge in [-0.1, -0.05) is 11.6 Å². The first-order chi connectivity index (χ1) is 7.16. The average Bonchev–Trinajstić information content (AvgIpc) is 2.20. The normalized spacial score (nSPS) is 10.3. The molecule has 2 aromatic rings. The molecule has 0 N–H and O–H groups in total. The van der Waals surface area contributed by atoms with Crippen molar-refractivity contribution in [1.29, 1.82) is 0 Å². The summed E-state index contributed by atoms with van der Waals surface area (Å²) in [5.74, 6) is -0.451. The fourth-order valence-corrected chi connectivity index (χ4v) is 1.28. The molecule has 0 atom stereocenters. The molecule has 0 aliphatic rings. The van der Waals surface area contributed by atoms with Crippen molar-refractivity contribution in [2.45, 2.75) is 6.92 Å². The number of aryl methyl sites for hydroxylation is 1. The zero-order valence-corrected chi connectivity index (χ0v) is 8.66. The monoisotopic (exact) mass is 223 g/mol. The van der Waals surface area contributed by atoms with E-state index < -0.39 is 5.82 Å². The Morgan fingerprint density at radius 3 is 2.67 bits per heavy atom. The first-order valence-corrected chi connectivity index (χ1v) is 4.66. The molecule has 0 spiro atoms. The third-order valence-electron chi connectivity index (χ3n) is 1.89. The quantitative estimate of drug-likeness (QED) is 0.698. The smallest absolute Gasteiger partial charge is 0.137 e. The van der Waals surface area contributed by atoms with E-state index in [-0.39, 0.29) is 5.15 Å². The van der Waals surface area contributed by atoms with E-state index in [1.54, 1.807) is 12.1 Å². The SMILES string of the molecule is Cc1ccc(-c2cnc(Cl)cc2F)nn1. The third kappa shape index (κ3) is 2.10. The van der Waals surface area contributed by atoms with E-state index in [1.165, 1.54) is 6.20 Å². The predicted octanol–water partition coefficient (Wildman–Crippen LogP) is 2.64. The second-order valence-corrected chi connectivity index (χ2v) is 3.43. The van der Waals surface area contributed by atoms with E-state index in [0.29, 0.717) is 11.3 Å². The van der Waals surface area contributed by atoms with Gasteiger partial charge in [-0.05, 0) is 19.1 Å². The highest BCUT2D eigenvalue weighted by molar-refractivity contribution is 6.29. The van der Waals surface area contributed by atoms with Gasteiger partial charge >= 0.3 is 0 Å². The van der Waals surface area contributed by atoms with Crippen LogP contribution in [0.25, 0.3) is 11.3 Å². The maximum Gasteiger partial charge on any atom is 0.137 e. The highest BCUT2D eigenvalue weighted by Gasteiger charge is 2.07. The summed E-state index contributed by atoms with van der Waals surface area (Å²) in [5, 5.41) is 7.83. The molecule has 3 nitrogen and oxygen atoms in total. The maximum absolute atomic E-state index is 13.4. The number of hydrogen-bond acceptors (Lipinski definition) is 3. The van der Waals surface area contributed by atoms with Gasteiger partial charge in [-0.3, -0.25) is 0 Å². The molecule has 0 aromatic carbocycles. The Labute approximate surface area is 90.9 Å². The fourth-order valence-electron chi connectivity index (χ4n) is 1.14. The number of nitrogens with zero attached hydrogens (tertiary/aromatic N) is 3. The third-order valence-corrected chi connectivity index (χ3v) is 2.10. The Morgan fingerprint density at radius 2 is 2.07 bits per heavy atom. The summed E-state index contributed by atoms with van der Waals surface area (Å²) in [6.45, 7) is 1.81. The lowest BCUT2D eigenvalue weighted by Gasteiger charge is -2.01. The fraction of sp³-hybridized carbons (Fsp3) is 0.100. The molecule has 0 aliphatic carbocycles. The van der Waals surface area contributed by atoms with Gasteiger partial charge in [0.1, 0.15) is 11.0 Å². The van der Waals surface area contributed by atoms with E-state index in [4.69, 9.17) is 11.6 Å². The van der Waals surface area contributed by atoms with Crippen molar-refractivity contribution >= 4 is 11.6 Å². The van der Waals surface area contributed by atoms with Crippen LogP contribution in [0.2, 0.25) is 5.15 Å². The topological polar surface area (TPSA) is 38.7 Å². The van der Waals surface area contributed by atoms with E-state index in [2.05, 4.69) is 15.2 Å². The molecule has 2 aromatic heterocycles. The largest absolute Gasteiger partial charge is 0.244 e. The molecule has 0 fully saturated rings. The number of rotatable bonds is 1. The van der Waals surface area contributed by atoms with Crippen LogP contribution in [0.1, 0.15) is 5.69 Å². The summed E-state index contributed by atoms with van der Waals surface area (Å²) in [5.41, 5.74) is 1.52. The van der Waals surface area contributed by atoms with E-state index in [1.807, 2.05) is 6.92 Å². The van der Waals surface area contributed by atoms with Crippen molar-refractivity contribution in [3.05, 3.63) is 41.1 Å². The second-order valence-electron chi connectivity index (χ2n) is 3.05. The van der Waals surface area contributed by atoms with Crippen molar-refractivity contribution in [3.8, 4) is 11.3 Å². The molecule has 0 bridgehead atoms. The Bertz CT molecular complexity index is 485. The van der Waals surface area contributed by atoms with Crippen LogP contribution in [-0.4, -0.2) is 15.2 Å². The number of pyridine rings is 1. The molecule has 0 saturated carbocycles. The van der Waals surface area contributed by atoms with E-state index >= 15 is 0 Å². The summed E-state index contributed by atoms with van der Waals surface area (Å²) in [6, 6.07) is 4.60. The lowest BCUT2D eigenvalue weighted by molar-refractivity contribution is 0.628. The molecule has 0 radical (unpaired) electrons. The van der Waals surface area contributed by atoms with Gasteiger partial charge in [0.25, 0.3) is 0 Å². The van der Waals surface area contributed by atoms with Crippen LogP contribution in [0, 0.1) is 12.7 Å². The molecule has 5 heteroatoms. The Kier molecular flexibility index (Phi) is 2.60. The van der Waals surface area contributed by atoms with Gasteiger partial charge in [0.15, 0.2) is 0 Å². The van der Waals surface area contributed by atoms with Crippen molar-refractivity contribution in [2.75, 3.05) is 0 Å². The lowest BCUT2D eigenvalue weighted by atomic mass is 10.2. The molecular weight excluding hydrogens is 217 g/mol. The molecule has 0 unspecified atom stereocenters. The summed E-state index contributed by atoms with van der Waals surface area (Å²) in [7, 11) is 0. The summed E-state index contributed by atoms with van der Waals surface area (Å²) < 4.78 is 13.4. The summed E-state index contributed by atoms with van der Waals surface area (Å²) in [6.07, 6.45) is 1.34. The first kappa shape index (κ1) is 9.98. The molecule has 2 rings (SSSR count). The van der Waals surface area contributed by atoms with Crippen molar-refractivity contribution in [1.82, 2.24) is 15.2 Å². The summed E-state index contributed by atoms with van der Waals surface area (Å²) >= 11 is 5.54. The zero-order chi connectivity index (χ0) is 10.8. The average molecular weight is 224 g/mol. The predicted molar refractivity (Wildman–Crippen MR) is 55.0 cm³/mol. The molecule has 0 saturated heterocycles. The molecular formula is C10H7ClFN3. The molecule has 0 amide bonds. The van der Waals surface area contributed by atoms with Crippen LogP contribution in [0.4, 0.5) is 4.39 Å². The molecule has 15 heavy (non-hydrogen) atoms. The molecule has 76 valence electrons. The minimum Gasteiger partial charge on any atom is -0.244 e. The standard InChI is InChI=1S/C10H7ClFN3/c1-6-2-3-9(15-14-6)7-5-13-10(11)4-8(7)12/h2-5H,1H3. The maximum atomic E-state index is 13.4. The van der Waals surface area contributed by atoms with Gasteiger partial charge in [-0.2, -0.15) is 10.2 Å². The molecule has 0 aliphatic heterocycles. The highest BCUT2D eigenvalue weighted by atomic mass is 35.5. The van der Waals surface area contributed by atoms with Crippen molar-refractivity contribution in [2.24, 2.45) is 0 Å². The van der Waals surface area contributed by atoms with Crippen LogP contribution in [0.15, 0.2) is 24.4 Å². The van der Waals surface area contributed by atoms with Crippen molar-refractivity contribution < 1.29 is 4.39 Å². The van der Waals surface area contributed by atoms with E-state index in [0.717, 1.165) is 11.8 Å². The number of aromatic nitrogens is 3. The van der Waals surface area contributed by atoms with Gasteiger partial charge in [0, 0.05) is 12.3 Å². The number of halogens is 2. The van der Waals surface area contributed by atoms with Gasteiger partial charge in [-0.15, -0.1) is 0 Å². The van der Waals surface area contributed by atoms with Crippen LogP contribution < -0.4 is 0 Å². The van der Waals surface area contributed by atoms with Crippen LogP contribution >= 0.6 is 11.6 Å². The van der Waals surface area contributed by atoms with Crippen molar-refractivity contribution in [3.63, 3.8) is 0 Å². The minimum absolute atomic E-state index is 0.122. The number of hydrogen-bond donors (Lipinski definition) is 0. The summed E-state index contributed by atoms with van der Waals surface area (Å²) in [4.78, 5) is 3.80. The van der Waals surface area contributed by atoms with Gasteiger partial charge < -0.3 is 0 Å². The lowest BCUT2D eigenvalue weighted by Crippen LogP contribution is -1.93. The van der Waals surface area contributed by atoms with Crippen LogP contribution in [0.5, 0.6) is 0 Å². The highest BCUT2D eigenvalue weighted by Crippen LogP contribution is 2.21. The zero-order valence-electron chi connectivity index (χ0n) is 7.91. The first-order valence-electron chi connectivity index (χ1n) is 4.28. The van der Waals surface area contributed by atoms with Crippen LogP contribution in [0.3, 0.4) is 0 Å². The van der Waals surface area contributed by atoms with Gasteiger partial charge in [0.05, 0.1) is 17.0 Å². The van der Waals surface area contributed by atoms with Gasteiger partial charge in [-0.25, -0.2) is 9.37 Å².